The molecule has 0 saturated heterocycles. The van der Waals surface area contributed by atoms with Gasteiger partial charge in [-0.25, -0.2) is 0 Å². The molecule has 19 heavy (non-hydrogen) atoms. The molecule has 0 bridgehead atoms. The molecule has 0 spiro atoms. The highest BCUT2D eigenvalue weighted by Gasteiger charge is 2.13. The van der Waals surface area contributed by atoms with E-state index in [-0.39, 0.29) is 0 Å². The maximum absolute atomic E-state index is 2.37. The van der Waals surface area contributed by atoms with Crippen molar-refractivity contribution >= 4 is 0 Å². The number of benzene rings is 1. The van der Waals surface area contributed by atoms with E-state index in [0.29, 0.717) is 0 Å². The van der Waals surface area contributed by atoms with Gasteiger partial charge in [-0.3, -0.25) is 0 Å². The van der Waals surface area contributed by atoms with Crippen molar-refractivity contribution in [3.8, 4) is 0 Å². The molecular formula is C19H34. The zero-order chi connectivity index (χ0) is 14.7. The summed E-state index contributed by atoms with van der Waals surface area (Å²) in [5.74, 6) is 2.04. The minimum absolute atomic E-state index is 1.02. The summed E-state index contributed by atoms with van der Waals surface area (Å²) in [4.78, 5) is 0. The summed E-state index contributed by atoms with van der Waals surface area (Å²) in [6.07, 6.45) is 7.14. The van der Waals surface area contributed by atoms with Crippen LogP contribution >= 0.6 is 0 Å². The molecule has 0 nitrogen and oxygen atoms in total. The van der Waals surface area contributed by atoms with E-state index in [1.807, 2.05) is 0 Å². The molecule has 1 aromatic carbocycles. The lowest BCUT2D eigenvalue weighted by molar-refractivity contribution is 0.308. The van der Waals surface area contributed by atoms with Crippen LogP contribution in [0.25, 0.3) is 0 Å². The van der Waals surface area contributed by atoms with Crippen LogP contribution in [0.4, 0.5) is 0 Å². The second-order valence-electron chi connectivity index (χ2n) is 6.23. The van der Waals surface area contributed by atoms with Crippen LogP contribution in [0.2, 0.25) is 0 Å². The van der Waals surface area contributed by atoms with Crippen molar-refractivity contribution in [1.29, 1.82) is 0 Å². The Labute approximate surface area is 121 Å². The summed E-state index contributed by atoms with van der Waals surface area (Å²) >= 11 is 0. The first-order valence-electron chi connectivity index (χ1n) is 8.02. The van der Waals surface area contributed by atoms with E-state index in [4.69, 9.17) is 0 Å². The van der Waals surface area contributed by atoms with E-state index in [0.717, 1.165) is 11.8 Å². The fourth-order valence-electron chi connectivity index (χ4n) is 2.06. The van der Waals surface area contributed by atoms with Gasteiger partial charge in [0.1, 0.15) is 0 Å². The molecule has 1 aliphatic rings. The monoisotopic (exact) mass is 262 g/mol. The van der Waals surface area contributed by atoms with E-state index in [2.05, 4.69) is 65.8 Å². The Hall–Kier alpha value is -0.780. The highest BCUT2D eigenvalue weighted by molar-refractivity contribution is 5.19. The van der Waals surface area contributed by atoms with Gasteiger partial charge < -0.3 is 0 Å². The molecule has 1 fully saturated rings. The van der Waals surface area contributed by atoms with Crippen molar-refractivity contribution in [3.05, 3.63) is 35.4 Å². The van der Waals surface area contributed by atoms with Gasteiger partial charge >= 0.3 is 0 Å². The summed E-state index contributed by atoms with van der Waals surface area (Å²) in [6.45, 7) is 13.2. The van der Waals surface area contributed by atoms with E-state index >= 15 is 0 Å². The number of aryl methyl sites for hydroxylation is 2. The van der Waals surface area contributed by atoms with E-state index in [1.54, 1.807) is 0 Å². The molecular weight excluding hydrogens is 228 g/mol. The third kappa shape index (κ3) is 10.8. The van der Waals surface area contributed by atoms with E-state index < -0.39 is 0 Å². The largest absolute Gasteiger partial charge is 0.0656 e. The Bertz CT molecular complexity index is 257. The van der Waals surface area contributed by atoms with E-state index in [1.165, 1.54) is 43.2 Å². The van der Waals surface area contributed by atoms with Crippen molar-refractivity contribution in [1.82, 2.24) is 0 Å². The normalized spacial score (nSPS) is 21.6. The Kier molecular flexibility index (Phi) is 10.6. The van der Waals surface area contributed by atoms with Crippen LogP contribution in [-0.4, -0.2) is 0 Å². The minimum atomic E-state index is 1.02. The fourth-order valence-corrected chi connectivity index (χ4v) is 2.06. The van der Waals surface area contributed by atoms with Crippen LogP contribution in [0.5, 0.6) is 0 Å². The summed E-state index contributed by atoms with van der Waals surface area (Å²) < 4.78 is 0. The lowest BCUT2D eigenvalue weighted by atomic mass is 9.84. The molecule has 1 aromatic rings. The summed E-state index contributed by atoms with van der Waals surface area (Å²) in [5.41, 5.74) is 2.66. The number of hydrogen-bond donors (Lipinski definition) is 0. The van der Waals surface area contributed by atoms with Gasteiger partial charge in [0.15, 0.2) is 0 Å². The van der Waals surface area contributed by atoms with Crippen LogP contribution in [0, 0.1) is 25.7 Å². The Balaban J connectivity index is 0.000000284. The molecule has 0 aromatic heterocycles. The predicted octanol–water partition coefficient (Wildman–Crippen LogP) is 6.55. The third-order valence-corrected chi connectivity index (χ3v) is 3.52. The highest BCUT2D eigenvalue weighted by Crippen LogP contribution is 2.27. The second kappa shape index (κ2) is 11.1. The average Bonchev–Trinajstić information content (AvgIpc) is 2.38. The van der Waals surface area contributed by atoms with Gasteiger partial charge in [0, 0.05) is 0 Å². The third-order valence-electron chi connectivity index (χ3n) is 3.52. The maximum atomic E-state index is 2.37. The maximum Gasteiger partial charge on any atom is -0.0398 e. The van der Waals surface area contributed by atoms with Crippen molar-refractivity contribution in [2.45, 2.75) is 73.6 Å². The SMILES string of the molecule is CC1CCC(C)CC1.CCC.Cc1ccc(C)cc1. The zero-order valence-corrected chi connectivity index (χ0v) is 14.0. The lowest BCUT2D eigenvalue weighted by Gasteiger charge is -2.22. The molecule has 0 heteroatoms. The van der Waals surface area contributed by atoms with Crippen molar-refractivity contribution in [3.63, 3.8) is 0 Å². The first-order valence-corrected chi connectivity index (χ1v) is 8.02. The van der Waals surface area contributed by atoms with Crippen molar-refractivity contribution in [2.75, 3.05) is 0 Å². The molecule has 0 radical (unpaired) electrons. The molecule has 1 saturated carbocycles. The average molecular weight is 262 g/mol. The van der Waals surface area contributed by atoms with E-state index in [9.17, 15) is 0 Å². The van der Waals surface area contributed by atoms with Crippen LogP contribution in [-0.2, 0) is 0 Å². The number of hydrogen-bond acceptors (Lipinski definition) is 0. The van der Waals surface area contributed by atoms with Gasteiger partial charge in [0.2, 0.25) is 0 Å². The predicted molar refractivity (Wildman–Crippen MR) is 88.7 cm³/mol. The fraction of sp³-hybridized carbons (Fsp3) is 0.684. The standard InChI is InChI=1S/C8H16.C8H10.C3H8/c2*1-7-3-5-8(2)6-4-7;1-3-2/h7-8H,3-6H2,1-2H3;3-6H,1-2H3;3H2,1-2H3. The molecule has 0 amide bonds. The highest BCUT2D eigenvalue weighted by atomic mass is 14.2. The van der Waals surface area contributed by atoms with Crippen LogP contribution in [0.15, 0.2) is 24.3 Å². The Morgan fingerprint density at radius 1 is 0.737 bits per heavy atom. The topological polar surface area (TPSA) is 0 Å². The van der Waals surface area contributed by atoms with Crippen LogP contribution in [0.3, 0.4) is 0 Å². The van der Waals surface area contributed by atoms with Gasteiger partial charge in [0.25, 0.3) is 0 Å². The first kappa shape index (κ1) is 18.2. The Morgan fingerprint density at radius 3 is 1.16 bits per heavy atom. The zero-order valence-electron chi connectivity index (χ0n) is 14.0. The molecule has 0 heterocycles. The van der Waals surface area contributed by atoms with Crippen LogP contribution in [0.1, 0.15) is 70.9 Å². The molecule has 1 aliphatic carbocycles. The molecule has 0 aliphatic heterocycles. The number of rotatable bonds is 0. The van der Waals surface area contributed by atoms with Gasteiger partial charge in [-0.2, -0.15) is 0 Å². The van der Waals surface area contributed by atoms with Gasteiger partial charge in [-0.05, 0) is 25.7 Å². The lowest BCUT2D eigenvalue weighted by Crippen LogP contribution is -2.08. The summed E-state index contributed by atoms with van der Waals surface area (Å²) in [5, 5.41) is 0. The molecule has 0 unspecified atom stereocenters. The second-order valence-corrected chi connectivity index (χ2v) is 6.23. The molecule has 0 atom stereocenters. The van der Waals surface area contributed by atoms with Gasteiger partial charge in [-0.1, -0.05) is 95.2 Å². The minimum Gasteiger partial charge on any atom is -0.0656 e. The molecule has 0 N–H and O–H groups in total. The van der Waals surface area contributed by atoms with Gasteiger partial charge in [0.05, 0.1) is 0 Å². The summed E-state index contributed by atoms with van der Waals surface area (Å²) in [7, 11) is 0. The van der Waals surface area contributed by atoms with Crippen molar-refractivity contribution < 1.29 is 0 Å². The summed E-state index contributed by atoms with van der Waals surface area (Å²) in [6, 6.07) is 8.48. The van der Waals surface area contributed by atoms with Crippen LogP contribution < -0.4 is 0 Å². The Morgan fingerprint density at radius 2 is 0.947 bits per heavy atom. The molecule has 2 rings (SSSR count). The van der Waals surface area contributed by atoms with Gasteiger partial charge in [-0.15, -0.1) is 0 Å². The first-order chi connectivity index (χ1) is 8.99. The quantitative estimate of drug-likeness (QED) is 0.497. The molecule has 110 valence electrons. The smallest absolute Gasteiger partial charge is 0.0398 e. The van der Waals surface area contributed by atoms with Crippen molar-refractivity contribution in [2.24, 2.45) is 11.8 Å².